The number of halogens is 1. The van der Waals surface area contributed by atoms with Crippen molar-refractivity contribution >= 4 is 27.5 Å². The fourth-order valence-electron chi connectivity index (χ4n) is 3.28. The largest absolute Gasteiger partial charge is 0.497 e. The third-order valence-corrected chi connectivity index (χ3v) is 6.25. The van der Waals surface area contributed by atoms with E-state index < -0.39 is 40.2 Å². The van der Waals surface area contributed by atoms with E-state index in [0.29, 0.717) is 17.9 Å². The van der Waals surface area contributed by atoms with Crippen molar-refractivity contribution in [2.45, 2.75) is 26.4 Å². The van der Waals surface area contributed by atoms with Crippen LogP contribution in [0, 0.1) is 5.82 Å². The molecule has 0 spiro atoms. The Morgan fingerprint density at radius 1 is 1.09 bits per heavy atom. The number of nitrogens with one attached hydrogen (secondary N) is 1. The van der Waals surface area contributed by atoms with Crippen LogP contribution >= 0.6 is 0 Å². The van der Waals surface area contributed by atoms with E-state index in [0.717, 1.165) is 10.6 Å². The van der Waals surface area contributed by atoms with Crippen LogP contribution in [0.4, 0.5) is 10.1 Å². The van der Waals surface area contributed by atoms with Gasteiger partial charge in [-0.15, -0.1) is 0 Å². The number of anilines is 1. The SMILES string of the molecule is CCNC(=O)C(C)N(Cc1ccc(F)cc1)C(=O)CN(c1ccc(OC)cc1OC)S(C)(=O)=O. The molecular weight excluding hydrogens is 465 g/mol. The summed E-state index contributed by atoms with van der Waals surface area (Å²) in [6.45, 7) is 3.06. The average Bonchev–Trinajstić information content (AvgIpc) is 2.80. The molecule has 0 aliphatic rings. The minimum Gasteiger partial charge on any atom is -0.497 e. The number of nitrogens with zero attached hydrogens (tertiary/aromatic N) is 2. The van der Waals surface area contributed by atoms with Crippen molar-refractivity contribution in [1.29, 1.82) is 0 Å². The van der Waals surface area contributed by atoms with E-state index in [9.17, 15) is 22.4 Å². The van der Waals surface area contributed by atoms with Crippen LogP contribution in [0.5, 0.6) is 11.5 Å². The molecule has 1 N–H and O–H groups in total. The molecule has 2 aromatic rings. The first kappa shape index (κ1) is 26.9. The quantitative estimate of drug-likeness (QED) is 0.512. The number of carbonyl (C=O) groups is 2. The predicted molar refractivity (Wildman–Crippen MR) is 127 cm³/mol. The van der Waals surface area contributed by atoms with Gasteiger partial charge < -0.3 is 19.7 Å². The molecule has 1 unspecified atom stereocenters. The molecule has 0 bridgehead atoms. The number of carbonyl (C=O) groups excluding carboxylic acids is 2. The fraction of sp³-hybridized carbons (Fsp3) is 0.391. The van der Waals surface area contributed by atoms with Crippen molar-refractivity contribution in [2.24, 2.45) is 0 Å². The van der Waals surface area contributed by atoms with Gasteiger partial charge in [0.25, 0.3) is 0 Å². The standard InChI is InChI=1S/C23H30FN3O6S/c1-6-25-23(29)16(2)26(14-17-7-9-18(24)10-8-17)22(28)15-27(34(5,30)31)20-12-11-19(32-3)13-21(20)33-4/h7-13,16H,6,14-15H2,1-5H3,(H,25,29). The number of benzene rings is 2. The van der Waals surface area contributed by atoms with Crippen LogP contribution in [-0.4, -0.2) is 64.7 Å². The summed E-state index contributed by atoms with van der Waals surface area (Å²) >= 11 is 0. The monoisotopic (exact) mass is 495 g/mol. The Hall–Kier alpha value is -3.34. The van der Waals surface area contributed by atoms with Gasteiger partial charge in [0.15, 0.2) is 0 Å². The van der Waals surface area contributed by atoms with E-state index in [1.165, 1.54) is 55.5 Å². The number of hydrogen-bond donors (Lipinski definition) is 1. The number of amides is 2. The summed E-state index contributed by atoms with van der Waals surface area (Å²) in [5, 5.41) is 2.66. The number of ether oxygens (including phenoxy) is 2. The van der Waals surface area contributed by atoms with Crippen LogP contribution in [0.15, 0.2) is 42.5 Å². The molecule has 2 rings (SSSR count). The second-order valence-electron chi connectivity index (χ2n) is 7.53. The zero-order valence-electron chi connectivity index (χ0n) is 19.9. The van der Waals surface area contributed by atoms with Crippen LogP contribution in [-0.2, 0) is 26.2 Å². The first-order chi connectivity index (χ1) is 16.0. The number of rotatable bonds is 11. The zero-order valence-corrected chi connectivity index (χ0v) is 20.7. The Morgan fingerprint density at radius 2 is 1.74 bits per heavy atom. The summed E-state index contributed by atoms with van der Waals surface area (Å²) in [6, 6.07) is 9.13. The Labute approximate surface area is 199 Å². The third kappa shape index (κ3) is 6.83. The molecule has 0 aliphatic heterocycles. The summed E-state index contributed by atoms with van der Waals surface area (Å²) < 4.78 is 50.1. The van der Waals surface area contributed by atoms with Gasteiger partial charge in [-0.3, -0.25) is 13.9 Å². The minimum atomic E-state index is -3.92. The number of sulfonamides is 1. The molecule has 0 aliphatic carbocycles. The number of likely N-dealkylation sites (N-methyl/N-ethyl adjacent to an activating group) is 1. The highest BCUT2D eigenvalue weighted by atomic mass is 32.2. The van der Waals surface area contributed by atoms with Crippen molar-refractivity contribution < 1.29 is 31.9 Å². The molecule has 0 heterocycles. The Bertz CT molecular complexity index is 1110. The highest BCUT2D eigenvalue weighted by Crippen LogP contribution is 2.33. The molecule has 2 aromatic carbocycles. The lowest BCUT2D eigenvalue weighted by Crippen LogP contribution is -2.51. The number of methoxy groups -OCH3 is 2. The summed E-state index contributed by atoms with van der Waals surface area (Å²) in [6.07, 6.45) is 0.974. The normalized spacial score (nSPS) is 11.9. The lowest BCUT2D eigenvalue weighted by Gasteiger charge is -2.31. The van der Waals surface area contributed by atoms with E-state index >= 15 is 0 Å². The summed E-state index contributed by atoms with van der Waals surface area (Å²) in [5.41, 5.74) is 0.727. The zero-order chi connectivity index (χ0) is 25.5. The Morgan fingerprint density at radius 3 is 2.26 bits per heavy atom. The topological polar surface area (TPSA) is 105 Å². The molecule has 34 heavy (non-hydrogen) atoms. The molecule has 0 saturated heterocycles. The molecule has 1 atom stereocenters. The Balaban J connectivity index is 2.44. The van der Waals surface area contributed by atoms with Crippen LogP contribution < -0.4 is 19.1 Å². The van der Waals surface area contributed by atoms with Gasteiger partial charge in [-0.05, 0) is 43.7 Å². The van der Waals surface area contributed by atoms with Gasteiger partial charge >= 0.3 is 0 Å². The van der Waals surface area contributed by atoms with Gasteiger partial charge in [0.2, 0.25) is 21.8 Å². The highest BCUT2D eigenvalue weighted by molar-refractivity contribution is 7.92. The van der Waals surface area contributed by atoms with Crippen molar-refractivity contribution in [3.8, 4) is 11.5 Å². The van der Waals surface area contributed by atoms with Gasteiger partial charge in [0, 0.05) is 19.2 Å². The fourth-order valence-corrected chi connectivity index (χ4v) is 4.13. The van der Waals surface area contributed by atoms with Crippen LogP contribution in [0.2, 0.25) is 0 Å². The van der Waals surface area contributed by atoms with Gasteiger partial charge in [-0.25, -0.2) is 12.8 Å². The average molecular weight is 496 g/mol. The maximum absolute atomic E-state index is 13.4. The Kier molecular flexibility index (Phi) is 9.25. The van der Waals surface area contributed by atoms with Crippen LogP contribution in [0.3, 0.4) is 0 Å². The third-order valence-electron chi connectivity index (χ3n) is 5.12. The second-order valence-corrected chi connectivity index (χ2v) is 9.43. The van der Waals surface area contributed by atoms with E-state index in [4.69, 9.17) is 9.47 Å². The molecule has 0 saturated carbocycles. The van der Waals surface area contributed by atoms with E-state index in [1.54, 1.807) is 19.9 Å². The van der Waals surface area contributed by atoms with E-state index in [2.05, 4.69) is 5.32 Å². The molecule has 2 amide bonds. The molecule has 0 radical (unpaired) electrons. The first-order valence-electron chi connectivity index (χ1n) is 10.5. The predicted octanol–water partition coefficient (Wildman–Crippen LogP) is 2.16. The van der Waals surface area contributed by atoms with Gasteiger partial charge in [-0.1, -0.05) is 12.1 Å². The molecule has 0 fully saturated rings. The lowest BCUT2D eigenvalue weighted by molar-refractivity contribution is -0.139. The van der Waals surface area contributed by atoms with Crippen molar-refractivity contribution in [3.63, 3.8) is 0 Å². The minimum absolute atomic E-state index is 0.0191. The van der Waals surface area contributed by atoms with Crippen molar-refractivity contribution in [1.82, 2.24) is 10.2 Å². The molecule has 9 nitrogen and oxygen atoms in total. The van der Waals surface area contributed by atoms with Gasteiger partial charge in [0.05, 0.1) is 26.2 Å². The summed E-state index contributed by atoms with van der Waals surface area (Å²) in [4.78, 5) is 27.2. The van der Waals surface area contributed by atoms with Crippen LogP contribution in [0.25, 0.3) is 0 Å². The smallest absolute Gasteiger partial charge is 0.244 e. The maximum Gasteiger partial charge on any atom is 0.244 e. The van der Waals surface area contributed by atoms with Gasteiger partial charge in [0.1, 0.15) is 29.9 Å². The molecular formula is C23H30FN3O6S. The highest BCUT2D eigenvalue weighted by Gasteiger charge is 2.31. The molecule has 186 valence electrons. The van der Waals surface area contributed by atoms with Crippen molar-refractivity contribution in [3.05, 3.63) is 53.8 Å². The van der Waals surface area contributed by atoms with Gasteiger partial charge in [-0.2, -0.15) is 0 Å². The summed E-state index contributed by atoms with van der Waals surface area (Å²) in [5.74, 6) is -0.812. The number of hydrogen-bond acceptors (Lipinski definition) is 6. The van der Waals surface area contributed by atoms with Crippen molar-refractivity contribution in [2.75, 3.05) is 37.9 Å². The maximum atomic E-state index is 13.4. The molecule has 11 heteroatoms. The van der Waals surface area contributed by atoms with E-state index in [-0.39, 0.29) is 18.0 Å². The van der Waals surface area contributed by atoms with E-state index in [1.807, 2.05) is 0 Å². The first-order valence-corrected chi connectivity index (χ1v) is 12.4. The lowest BCUT2D eigenvalue weighted by atomic mass is 10.1. The second kappa shape index (κ2) is 11.7. The molecule has 0 aromatic heterocycles. The van der Waals surface area contributed by atoms with Crippen LogP contribution in [0.1, 0.15) is 19.4 Å². The summed E-state index contributed by atoms with van der Waals surface area (Å²) in [7, 11) is -1.08.